The minimum atomic E-state index is -0.146. The Kier molecular flexibility index (Phi) is 4.83. The van der Waals surface area contributed by atoms with E-state index in [4.69, 9.17) is 5.84 Å². The molecule has 1 amide bonds. The van der Waals surface area contributed by atoms with Crippen molar-refractivity contribution in [2.45, 2.75) is 30.9 Å². The zero-order valence-electron chi connectivity index (χ0n) is 9.86. The summed E-state index contributed by atoms with van der Waals surface area (Å²) in [7, 11) is 0. The highest BCUT2D eigenvalue weighted by Crippen LogP contribution is 2.28. The van der Waals surface area contributed by atoms with E-state index in [1.807, 2.05) is 45.0 Å². The number of amides is 1. The Balaban J connectivity index is 2.75. The number of hydrazine groups is 1. The fourth-order valence-corrected chi connectivity index (χ4v) is 2.37. The maximum Gasteiger partial charge on any atom is 0.247 e. The molecule has 0 saturated heterocycles. The Hall–Kier alpha value is -1.00. The van der Waals surface area contributed by atoms with Crippen molar-refractivity contribution in [3.63, 3.8) is 0 Å². The molecular formula is C12H18N2OS. The Labute approximate surface area is 101 Å². The molecule has 0 radical (unpaired) electrons. The summed E-state index contributed by atoms with van der Waals surface area (Å²) in [6, 6.07) is 8.14. The van der Waals surface area contributed by atoms with Gasteiger partial charge in [-0.1, -0.05) is 31.5 Å². The standard InChI is InChI=1S/C12H18N2OS/c1-8(2)11(12(15)14-13)16-10-6-4-9(3)5-7-10/h4-8,11H,13H2,1-3H3,(H,14,15). The Morgan fingerprint density at radius 1 is 1.31 bits per heavy atom. The molecule has 1 aromatic rings. The van der Waals surface area contributed by atoms with Crippen LogP contribution in [0.1, 0.15) is 19.4 Å². The SMILES string of the molecule is Cc1ccc(SC(C(=O)NN)C(C)C)cc1. The molecule has 0 heterocycles. The second-order valence-electron chi connectivity index (χ2n) is 4.10. The van der Waals surface area contributed by atoms with Crippen molar-refractivity contribution in [2.75, 3.05) is 0 Å². The highest BCUT2D eigenvalue weighted by molar-refractivity contribution is 8.00. The van der Waals surface area contributed by atoms with Crippen molar-refractivity contribution >= 4 is 17.7 Å². The first-order valence-electron chi connectivity index (χ1n) is 5.28. The van der Waals surface area contributed by atoms with Crippen molar-refractivity contribution in [2.24, 2.45) is 11.8 Å². The molecule has 1 unspecified atom stereocenters. The van der Waals surface area contributed by atoms with Crippen molar-refractivity contribution < 1.29 is 4.79 Å². The number of benzene rings is 1. The van der Waals surface area contributed by atoms with Crippen LogP contribution >= 0.6 is 11.8 Å². The molecule has 3 N–H and O–H groups in total. The number of hydrogen-bond acceptors (Lipinski definition) is 3. The van der Waals surface area contributed by atoms with Crippen LogP contribution in [-0.4, -0.2) is 11.2 Å². The normalized spacial score (nSPS) is 12.6. The van der Waals surface area contributed by atoms with Gasteiger partial charge < -0.3 is 0 Å². The topological polar surface area (TPSA) is 55.1 Å². The second kappa shape index (κ2) is 5.92. The van der Waals surface area contributed by atoms with Gasteiger partial charge in [-0.15, -0.1) is 11.8 Å². The lowest BCUT2D eigenvalue weighted by molar-refractivity contribution is -0.121. The third-order valence-electron chi connectivity index (χ3n) is 2.29. The fourth-order valence-electron chi connectivity index (χ4n) is 1.34. The Morgan fingerprint density at radius 3 is 2.31 bits per heavy atom. The van der Waals surface area contributed by atoms with Crippen molar-refractivity contribution in [1.29, 1.82) is 0 Å². The van der Waals surface area contributed by atoms with Gasteiger partial charge in [-0.05, 0) is 25.0 Å². The highest BCUT2D eigenvalue weighted by Gasteiger charge is 2.22. The third kappa shape index (κ3) is 3.54. The Bertz CT molecular complexity index is 349. The van der Waals surface area contributed by atoms with Crippen LogP contribution in [0, 0.1) is 12.8 Å². The minimum absolute atomic E-state index is 0.124. The second-order valence-corrected chi connectivity index (χ2v) is 5.32. The predicted octanol–water partition coefficient (Wildman–Crippen LogP) is 2.10. The summed E-state index contributed by atoms with van der Waals surface area (Å²) in [5.41, 5.74) is 3.43. The van der Waals surface area contributed by atoms with Gasteiger partial charge in [0.05, 0.1) is 5.25 Å². The molecule has 16 heavy (non-hydrogen) atoms. The maximum atomic E-state index is 11.6. The first-order valence-corrected chi connectivity index (χ1v) is 6.16. The molecule has 0 bridgehead atoms. The van der Waals surface area contributed by atoms with E-state index in [0.717, 1.165) is 4.90 Å². The van der Waals surface area contributed by atoms with Crippen LogP contribution in [0.2, 0.25) is 0 Å². The summed E-state index contributed by atoms with van der Waals surface area (Å²) in [6.07, 6.45) is 0. The van der Waals surface area contributed by atoms with Crippen molar-refractivity contribution in [3.05, 3.63) is 29.8 Å². The average molecular weight is 238 g/mol. The molecule has 1 atom stereocenters. The number of nitrogens with two attached hydrogens (primary N) is 1. The van der Waals surface area contributed by atoms with E-state index < -0.39 is 0 Å². The first-order chi connectivity index (χ1) is 7.54. The van der Waals surface area contributed by atoms with Gasteiger partial charge in [-0.3, -0.25) is 10.2 Å². The smallest absolute Gasteiger partial charge is 0.247 e. The molecule has 0 saturated carbocycles. The maximum absolute atomic E-state index is 11.6. The zero-order chi connectivity index (χ0) is 12.1. The van der Waals surface area contributed by atoms with E-state index in [2.05, 4.69) is 5.43 Å². The number of rotatable bonds is 4. The van der Waals surface area contributed by atoms with Crippen LogP contribution in [0.25, 0.3) is 0 Å². The van der Waals surface area contributed by atoms with Crippen molar-refractivity contribution in [3.8, 4) is 0 Å². The van der Waals surface area contributed by atoms with Gasteiger partial charge in [0.2, 0.25) is 5.91 Å². The van der Waals surface area contributed by atoms with E-state index in [1.165, 1.54) is 5.56 Å². The molecule has 0 aromatic heterocycles. The van der Waals surface area contributed by atoms with E-state index in [1.54, 1.807) is 11.8 Å². The average Bonchev–Trinajstić information content (AvgIpc) is 2.27. The largest absolute Gasteiger partial charge is 0.293 e. The summed E-state index contributed by atoms with van der Waals surface area (Å²) in [5.74, 6) is 5.30. The highest BCUT2D eigenvalue weighted by atomic mass is 32.2. The molecule has 0 aliphatic carbocycles. The molecule has 4 heteroatoms. The van der Waals surface area contributed by atoms with Gasteiger partial charge in [0.25, 0.3) is 0 Å². The molecule has 0 aliphatic rings. The number of carbonyl (C=O) groups excluding carboxylic acids is 1. The number of carbonyl (C=O) groups is 1. The molecule has 1 aromatic carbocycles. The molecule has 0 aliphatic heterocycles. The molecule has 3 nitrogen and oxygen atoms in total. The summed E-state index contributed by atoms with van der Waals surface area (Å²) < 4.78 is 0. The first kappa shape index (κ1) is 13.1. The van der Waals surface area contributed by atoms with Gasteiger partial charge in [0, 0.05) is 4.90 Å². The number of aryl methyl sites for hydroxylation is 1. The van der Waals surface area contributed by atoms with Gasteiger partial charge in [0.15, 0.2) is 0 Å². The third-order valence-corrected chi connectivity index (χ3v) is 3.85. The molecule has 0 fully saturated rings. The molecule has 1 rings (SSSR count). The van der Waals surface area contributed by atoms with Crippen LogP contribution in [0.3, 0.4) is 0 Å². The van der Waals surface area contributed by atoms with Crippen LogP contribution < -0.4 is 11.3 Å². The van der Waals surface area contributed by atoms with Crippen LogP contribution in [0.5, 0.6) is 0 Å². The zero-order valence-corrected chi connectivity index (χ0v) is 10.7. The monoisotopic (exact) mass is 238 g/mol. The summed E-state index contributed by atoms with van der Waals surface area (Å²) in [5, 5.41) is -0.146. The van der Waals surface area contributed by atoms with Crippen molar-refractivity contribution in [1.82, 2.24) is 5.43 Å². The number of thioether (sulfide) groups is 1. The molecule has 88 valence electrons. The van der Waals surface area contributed by atoms with E-state index in [9.17, 15) is 4.79 Å². The van der Waals surface area contributed by atoms with Crippen LogP contribution in [0.15, 0.2) is 29.2 Å². The van der Waals surface area contributed by atoms with Gasteiger partial charge >= 0.3 is 0 Å². The van der Waals surface area contributed by atoms with E-state index in [-0.39, 0.29) is 17.1 Å². The molecule has 0 spiro atoms. The summed E-state index contributed by atoms with van der Waals surface area (Å²) in [6.45, 7) is 6.07. The minimum Gasteiger partial charge on any atom is -0.293 e. The fraction of sp³-hybridized carbons (Fsp3) is 0.417. The van der Waals surface area contributed by atoms with Gasteiger partial charge in [0.1, 0.15) is 0 Å². The lowest BCUT2D eigenvalue weighted by atomic mass is 10.1. The number of hydrogen-bond donors (Lipinski definition) is 2. The Morgan fingerprint density at radius 2 is 1.88 bits per heavy atom. The van der Waals surface area contributed by atoms with Crippen LogP contribution in [-0.2, 0) is 4.79 Å². The molecular weight excluding hydrogens is 220 g/mol. The van der Waals surface area contributed by atoms with Gasteiger partial charge in [-0.25, -0.2) is 5.84 Å². The van der Waals surface area contributed by atoms with E-state index >= 15 is 0 Å². The lowest BCUT2D eigenvalue weighted by Crippen LogP contribution is -2.39. The summed E-state index contributed by atoms with van der Waals surface area (Å²) in [4.78, 5) is 12.7. The quantitative estimate of drug-likeness (QED) is 0.365. The lowest BCUT2D eigenvalue weighted by Gasteiger charge is -2.18. The van der Waals surface area contributed by atoms with Crippen LogP contribution in [0.4, 0.5) is 0 Å². The summed E-state index contributed by atoms with van der Waals surface area (Å²) >= 11 is 1.55. The van der Waals surface area contributed by atoms with E-state index in [0.29, 0.717) is 0 Å². The van der Waals surface area contributed by atoms with Gasteiger partial charge in [-0.2, -0.15) is 0 Å². The predicted molar refractivity (Wildman–Crippen MR) is 68.0 cm³/mol. The number of nitrogens with one attached hydrogen (secondary N) is 1.